The van der Waals surface area contributed by atoms with Crippen LogP contribution in [0.1, 0.15) is 112 Å². The summed E-state index contributed by atoms with van der Waals surface area (Å²) in [6.45, 7) is 24.9. The van der Waals surface area contributed by atoms with Crippen LogP contribution < -0.4 is 0 Å². The summed E-state index contributed by atoms with van der Waals surface area (Å²) in [7, 11) is 2.17. The Labute approximate surface area is 231 Å². The van der Waals surface area contributed by atoms with Crippen LogP contribution in [0.4, 0.5) is 0 Å². The molecule has 0 radical (unpaired) electrons. The highest BCUT2D eigenvalue weighted by molar-refractivity contribution is 5.70. The summed E-state index contributed by atoms with van der Waals surface area (Å²) in [5.74, 6) is -0.469. The van der Waals surface area contributed by atoms with Crippen LogP contribution in [0, 0.1) is 5.41 Å². The fourth-order valence-electron chi connectivity index (χ4n) is 5.97. The Morgan fingerprint density at radius 1 is 0.921 bits per heavy atom. The van der Waals surface area contributed by atoms with E-state index in [2.05, 4.69) is 88.1 Å². The topological polar surface area (TPSA) is 68.2 Å². The molecule has 0 saturated carbocycles. The molecule has 2 saturated heterocycles. The van der Waals surface area contributed by atoms with Crippen molar-refractivity contribution in [1.82, 2.24) is 4.90 Å². The van der Waals surface area contributed by atoms with Gasteiger partial charge in [0.2, 0.25) is 0 Å². The Balaban J connectivity index is 1.60. The number of hydrogen-bond donors (Lipinski definition) is 1. The van der Waals surface area contributed by atoms with Crippen LogP contribution in [0.3, 0.4) is 0 Å². The number of benzene rings is 1. The van der Waals surface area contributed by atoms with E-state index < -0.39 is 5.79 Å². The number of piperidine rings is 1. The third-order valence-corrected chi connectivity index (χ3v) is 8.57. The predicted octanol–water partition coefficient (Wildman–Crippen LogP) is 6.50. The number of esters is 1. The fourth-order valence-corrected chi connectivity index (χ4v) is 5.97. The molecule has 6 nitrogen and oxygen atoms in total. The minimum Gasteiger partial charge on any atom is -0.507 e. The SMILES string of the molecule is CN1C(C)(C)CC2(CC1(C)C)OCC(C)(COC(=O)CCc1cc(C(C)(C)C)c(O)c(C(C)(C)C)c1)CO2. The van der Waals surface area contributed by atoms with Crippen molar-refractivity contribution >= 4 is 5.97 Å². The van der Waals surface area contributed by atoms with Crippen molar-refractivity contribution in [1.29, 1.82) is 0 Å². The molecule has 1 N–H and O–H groups in total. The zero-order valence-corrected chi connectivity index (χ0v) is 26.1. The quantitative estimate of drug-likeness (QED) is 0.438. The number of aryl methyl sites for hydroxylation is 1. The van der Waals surface area contributed by atoms with Crippen molar-refractivity contribution in [3.8, 4) is 5.75 Å². The predicted molar refractivity (Wildman–Crippen MR) is 153 cm³/mol. The first-order valence-electron chi connectivity index (χ1n) is 14.1. The van der Waals surface area contributed by atoms with Crippen molar-refractivity contribution in [3.05, 3.63) is 28.8 Å². The minimum absolute atomic E-state index is 0.0457. The number of carbonyl (C=O) groups is 1. The molecule has 0 aliphatic carbocycles. The lowest BCUT2D eigenvalue weighted by Crippen LogP contribution is -2.67. The fraction of sp³-hybridized carbons (Fsp3) is 0.781. The first kappa shape index (κ1) is 30.9. The van der Waals surface area contributed by atoms with E-state index in [0.717, 1.165) is 29.5 Å². The van der Waals surface area contributed by atoms with Crippen molar-refractivity contribution in [2.24, 2.45) is 5.41 Å². The molecular formula is C32H53NO5. The molecule has 0 atom stereocenters. The summed E-state index contributed by atoms with van der Waals surface area (Å²) in [6, 6.07) is 4.07. The Morgan fingerprint density at radius 3 is 1.79 bits per heavy atom. The summed E-state index contributed by atoms with van der Waals surface area (Å²) in [5, 5.41) is 11.0. The third-order valence-electron chi connectivity index (χ3n) is 8.57. The molecular weight excluding hydrogens is 478 g/mol. The number of hydrogen-bond acceptors (Lipinski definition) is 6. The standard InChI is InChI=1S/C32H53NO5/c1-27(2,3)23-15-22(16-24(26(23)35)28(4,5)6)13-14-25(34)36-19-31(11)20-37-32(38-21-31)17-29(7,8)33(12)30(9,10)18-32/h15-16,35H,13-14,17-21H2,1-12H3. The molecule has 0 amide bonds. The highest BCUT2D eigenvalue weighted by atomic mass is 16.7. The second-order valence-corrected chi connectivity index (χ2v) is 15.5. The van der Waals surface area contributed by atoms with Crippen LogP contribution in [-0.2, 0) is 36.3 Å². The van der Waals surface area contributed by atoms with Gasteiger partial charge in [-0.2, -0.15) is 0 Å². The molecule has 2 aliphatic heterocycles. The molecule has 1 aromatic rings. The van der Waals surface area contributed by atoms with Gasteiger partial charge >= 0.3 is 5.97 Å². The van der Waals surface area contributed by atoms with Gasteiger partial charge < -0.3 is 19.3 Å². The molecule has 2 aliphatic rings. The van der Waals surface area contributed by atoms with Gasteiger partial charge in [-0.25, -0.2) is 0 Å². The molecule has 0 bridgehead atoms. The normalized spacial score (nSPS) is 22.8. The van der Waals surface area contributed by atoms with Gasteiger partial charge in [-0.15, -0.1) is 0 Å². The highest BCUT2D eigenvalue weighted by Gasteiger charge is 2.55. The third kappa shape index (κ3) is 6.74. The summed E-state index contributed by atoms with van der Waals surface area (Å²) < 4.78 is 18.6. The number of ether oxygens (including phenoxy) is 3. The van der Waals surface area contributed by atoms with E-state index in [1.807, 2.05) is 12.1 Å². The molecule has 2 fully saturated rings. The average molecular weight is 532 g/mol. The Bertz CT molecular complexity index is 964. The maximum Gasteiger partial charge on any atom is 0.306 e. The molecule has 1 spiro atoms. The number of carbonyl (C=O) groups excluding carboxylic acids is 1. The van der Waals surface area contributed by atoms with E-state index in [0.29, 0.717) is 25.4 Å². The van der Waals surface area contributed by atoms with Crippen LogP contribution in [-0.4, -0.2) is 59.7 Å². The maximum absolute atomic E-state index is 12.8. The maximum atomic E-state index is 12.8. The van der Waals surface area contributed by atoms with E-state index in [1.54, 1.807) is 0 Å². The number of likely N-dealkylation sites (tertiary alicyclic amines) is 1. The second kappa shape index (κ2) is 10.1. The minimum atomic E-state index is -0.600. The van der Waals surface area contributed by atoms with Gasteiger partial charge in [-0.05, 0) is 68.7 Å². The smallest absolute Gasteiger partial charge is 0.306 e. The summed E-state index contributed by atoms with van der Waals surface area (Å²) in [4.78, 5) is 15.2. The van der Waals surface area contributed by atoms with Crippen LogP contribution in [0.15, 0.2) is 12.1 Å². The van der Waals surface area contributed by atoms with Gasteiger partial charge in [0, 0.05) is 35.8 Å². The van der Waals surface area contributed by atoms with Crippen molar-refractivity contribution in [2.75, 3.05) is 26.9 Å². The van der Waals surface area contributed by atoms with Gasteiger partial charge in [-0.1, -0.05) is 60.6 Å². The first-order chi connectivity index (χ1) is 17.1. The largest absolute Gasteiger partial charge is 0.507 e. The number of phenols is 1. The average Bonchev–Trinajstić information content (AvgIpc) is 2.76. The molecule has 0 unspecified atom stereocenters. The first-order valence-corrected chi connectivity index (χ1v) is 14.1. The lowest BCUT2D eigenvalue weighted by Gasteiger charge is -2.59. The van der Waals surface area contributed by atoms with E-state index in [-0.39, 0.29) is 46.3 Å². The Kier molecular flexibility index (Phi) is 8.20. The number of rotatable bonds is 5. The Morgan fingerprint density at radius 2 is 1.37 bits per heavy atom. The van der Waals surface area contributed by atoms with Gasteiger partial charge in [-0.3, -0.25) is 9.69 Å². The molecule has 3 rings (SSSR count). The zero-order valence-electron chi connectivity index (χ0n) is 26.1. The molecule has 6 heteroatoms. The summed E-state index contributed by atoms with van der Waals surface area (Å²) in [6.07, 6.45) is 2.45. The molecule has 38 heavy (non-hydrogen) atoms. The highest BCUT2D eigenvalue weighted by Crippen LogP contribution is 2.48. The second-order valence-electron chi connectivity index (χ2n) is 15.5. The number of aromatic hydroxyl groups is 1. The van der Waals surface area contributed by atoms with E-state index >= 15 is 0 Å². The monoisotopic (exact) mass is 531 g/mol. The van der Waals surface area contributed by atoms with Crippen LogP contribution in [0.2, 0.25) is 0 Å². The van der Waals surface area contributed by atoms with Gasteiger partial charge in [0.05, 0.1) is 13.2 Å². The summed E-state index contributed by atoms with van der Waals surface area (Å²) >= 11 is 0. The lowest BCUT2D eigenvalue weighted by atomic mass is 9.75. The molecule has 216 valence electrons. The lowest BCUT2D eigenvalue weighted by molar-refractivity contribution is -0.341. The molecule has 1 aromatic carbocycles. The van der Waals surface area contributed by atoms with Crippen molar-refractivity contribution < 1.29 is 24.1 Å². The Hall–Kier alpha value is -1.63. The van der Waals surface area contributed by atoms with Gasteiger partial charge in [0.1, 0.15) is 12.4 Å². The molecule has 0 aromatic heterocycles. The van der Waals surface area contributed by atoms with Crippen LogP contribution in [0.25, 0.3) is 0 Å². The van der Waals surface area contributed by atoms with Crippen LogP contribution >= 0.6 is 0 Å². The van der Waals surface area contributed by atoms with Gasteiger partial charge in [0.25, 0.3) is 0 Å². The zero-order chi connectivity index (χ0) is 28.9. The van der Waals surface area contributed by atoms with Crippen LogP contribution in [0.5, 0.6) is 5.75 Å². The van der Waals surface area contributed by atoms with E-state index in [9.17, 15) is 9.90 Å². The van der Waals surface area contributed by atoms with Crippen molar-refractivity contribution in [3.63, 3.8) is 0 Å². The van der Waals surface area contributed by atoms with E-state index in [4.69, 9.17) is 14.2 Å². The van der Waals surface area contributed by atoms with Gasteiger partial charge in [0.15, 0.2) is 5.79 Å². The van der Waals surface area contributed by atoms with E-state index in [1.165, 1.54) is 0 Å². The molecule has 2 heterocycles. The summed E-state index contributed by atoms with van der Waals surface area (Å²) in [5.41, 5.74) is 1.98. The number of nitrogens with zero attached hydrogens (tertiary/aromatic N) is 1. The van der Waals surface area contributed by atoms with Crippen molar-refractivity contribution in [2.45, 2.75) is 130 Å². The number of phenolic OH excluding ortho intramolecular Hbond substituents is 1.